The number of hydrogen-bond acceptors (Lipinski definition) is 3. The summed E-state index contributed by atoms with van der Waals surface area (Å²) in [6, 6.07) is 13.7. The molecule has 0 saturated carbocycles. The number of phenols is 1. The van der Waals surface area contributed by atoms with Crippen molar-refractivity contribution in [1.29, 1.82) is 0 Å². The first-order chi connectivity index (χ1) is 8.70. The van der Waals surface area contributed by atoms with Crippen LogP contribution in [0.5, 0.6) is 5.75 Å². The van der Waals surface area contributed by atoms with E-state index in [9.17, 15) is 9.90 Å². The van der Waals surface area contributed by atoms with Gasteiger partial charge in [0, 0.05) is 12.1 Å². The number of aromatic hydroxyl groups is 1. The molecule has 0 aliphatic carbocycles. The Balaban J connectivity index is 0.00000180. The second kappa shape index (κ2) is 6.78. The minimum absolute atomic E-state index is 0. The Morgan fingerprint density at radius 1 is 1.16 bits per heavy atom. The van der Waals surface area contributed by atoms with Gasteiger partial charge in [-0.3, -0.25) is 4.79 Å². The van der Waals surface area contributed by atoms with Crippen LogP contribution in [-0.2, 0) is 6.54 Å². The number of rotatable bonds is 3. The number of para-hydroxylation sites is 2. The number of halogens is 1. The van der Waals surface area contributed by atoms with Gasteiger partial charge in [0.2, 0.25) is 0 Å². The summed E-state index contributed by atoms with van der Waals surface area (Å²) in [6.07, 6.45) is 0. The van der Waals surface area contributed by atoms with Gasteiger partial charge >= 0.3 is 0 Å². The van der Waals surface area contributed by atoms with Crippen LogP contribution in [0, 0.1) is 0 Å². The lowest BCUT2D eigenvalue weighted by atomic mass is 10.1. The number of carbonyl (C=O) groups excluding carboxylic acids is 1. The van der Waals surface area contributed by atoms with Crippen molar-refractivity contribution in [3.05, 3.63) is 59.7 Å². The van der Waals surface area contributed by atoms with Crippen LogP contribution in [0.25, 0.3) is 0 Å². The third-order valence-corrected chi connectivity index (χ3v) is 2.58. The predicted octanol–water partition coefficient (Wildman–Crippen LogP) is 2.53. The SMILES string of the molecule is Cl.NCc1cccc(C(=O)Nc2ccccc2O)c1. The Bertz CT molecular complexity index is 573. The van der Waals surface area contributed by atoms with Crippen molar-refractivity contribution in [2.75, 3.05) is 5.32 Å². The summed E-state index contributed by atoms with van der Waals surface area (Å²) in [4.78, 5) is 12.0. The number of anilines is 1. The fourth-order valence-corrected chi connectivity index (χ4v) is 1.61. The Morgan fingerprint density at radius 3 is 2.58 bits per heavy atom. The van der Waals surface area contributed by atoms with Crippen molar-refractivity contribution < 1.29 is 9.90 Å². The van der Waals surface area contributed by atoms with E-state index in [2.05, 4.69) is 5.32 Å². The van der Waals surface area contributed by atoms with E-state index in [4.69, 9.17) is 5.73 Å². The molecule has 0 saturated heterocycles. The molecule has 2 rings (SSSR count). The van der Waals surface area contributed by atoms with Gasteiger partial charge in [0.05, 0.1) is 5.69 Å². The zero-order valence-corrected chi connectivity index (χ0v) is 11.0. The quantitative estimate of drug-likeness (QED) is 0.755. The highest BCUT2D eigenvalue weighted by Crippen LogP contribution is 2.22. The van der Waals surface area contributed by atoms with E-state index < -0.39 is 0 Å². The molecule has 0 unspecified atom stereocenters. The third kappa shape index (κ3) is 3.71. The maximum absolute atomic E-state index is 12.0. The highest BCUT2D eigenvalue weighted by molar-refractivity contribution is 6.05. The summed E-state index contributed by atoms with van der Waals surface area (Å²) in [7, 11) is 0. The second-order valence-electron chi connectivity index (χ2n) is 3.88. The van der Waals surface area contributed by atoms with Gasteiger partial charge in [-0.25, -0.2) is 0 Å². The molecule has 4 nitrogen and oxygen atoms in total. The molecule has 0 heterocycles. The highest BCUT2D eigenvalue weighted by Gasteiger charge is 2.08. The van der Waals surface area contributed by atoms with Crippen molar-refractivity contribution in [2.45, 2.75) is 6.54 Å². The lowest BCUT2D eigenvalue weighted by Gasteiger charge is -2.07. The number of amides is 1. The van der Waals surface area contributed by atoms with Crippen molar-refractivity contribution in [2.24, 2.45) is 5.73 Å². The molecule has 0 aliphatic heterocycles. The molecular formula is C14H15ClN2O2. The van der Waals surface area contributed by atoms with Gasteiger partial charge in [-0.15, -0.1) is 12.4 Å². The number of benzene rings is 2. The second-order valence-corrected chi connectivity index (χ2v) is 3.88. The summed E-state index contributed by atoms with van der Waals surface area (Å²) in [6.45, 7) is 0.387. The number of phenolic OH excluding ortho intramolecular Hbond substituents is 1. The Morgan fingerprint density at radius 2 is 1.89 bits per heavy atom. The van der Waals surface area contributed by atoms with Crippen molar-refractivity contribution in [3.63, 3.8) is 0 Å². The first kappa shape index (κ1) is 15.0. The standard InChI is InChI=1S/C14H14N2O2.ClH/c15-9-10-4-3-5-11(8-10)14(18)16-12-6-1-2-7-13(12)17;/h1-8,17H,9,15H2,(H,16,18);1H. The molecule has 0 atom stereocenters. The zero-order chi connectivity index (χ0) is 13.0. The van der Waals surface area contributed by atoms with E-state index in [-0.39, 0.29) is 24.1 Å². The molecule has 0 aromatic heterocycles. The molecule has 19 heavy (non-hydrogen) atoms. The Labute approximate surface area is 117 Å². The summed E-state index contributed by atoms with van der Waals surface area (Å²) in [5.41, 5.74) is 7.32. The van der Waals surface area contributed by atoms with Crippen LogP contribution in [0.3, 0.4) is 0 Å². The van der Waals surface area contributed by atoms with E-state index in [1.165, 1.54) is 6.07 Å². The fraction of sp³-hybridized carbons (Fsp3) is 0.0714. The van der Waals surface area contributed by atoms with Gasteiger partial charge in [-0.1, -0.05) is 24.3 Å². The van der Waals surface area contributed by atoms with Gasteiger partial charge in [0.25, 0.3) is 5.91 Å². The summed E-state index contributed by atoms with van der Waals surface area (Å²) in [5.74, 6) is -0.229. The largest absolute Gasteiger partial charge is 0.506 e. The summed E-state index contributed by atoms with van der Waals surface area (Å²) >= 11 is 0. The lowest BCUT2D eigenvalue weighted by Crippen LogP contribution is -2.12. The van der Waals surface area contributed by atoms with Gasteiger partial charge < -0.3 is 16.2 Å². The van der Waals surface area contributed by atoms with Crippen LogP contribution in [0.1, 0.15) is 15.9 Å². The molecule has 0 bridgehead atoms. The third-order valence-electron chi connectivity index (χ3n) is 2.58. The molecule has 2 aromatic rings. The predicted molar refractivity (Wildman–Crippen MR) is 77.6 cm³/mol. The summed E-state index contributed by atoms with van der Waals surface area (Å²) in [5, 5.41) is 12.2. The van der Waals surface area contributed by atoms with E-state index in [1.54, 1.807) is 36.4 Å². The van der Waals surface area contributed by atoms with Gasteiger partial charge in [-0.05, 0) is 29.8 Å². The van der Waals surface area contributed by atoms with Crippen LogP contribution in [0.2, 0.25) is 0 Å². The number of hydrogen-bond donors (Lipinski definition) is 3. The van der Waals surface area contributed by atoms with Crippen LogP contribution in [-0.4, -0.2) is 11.0 Å². The molecule has 4 N–H and O–H groups in total. The molecule has 1 amide bonds. The maximum atomic E-state index is 12.0. The number of nitrogens with one attached hydrogen (secondary N) is 1. The zero-order valence-electron chi connectivity index (χ0n) is 10.2. The minimum Gasteiger partial charge on any atom is -0.506 e. The monoisotopic (exact) mass is 278 g/mol. The van der Waals surface area contributed by atoms with Gasteiger partial charge in [0.15, 0.2) is 0 Å². The Kier molecular flexibility index (Phi) is 5.36. The maximum Gasteiger partial charge on any atom is 0.255 e. The molecule has 100 valence electrons. The molecule has 0 spiro atoms. The molecule has 0 fully saturated rings. The van der Waals surface area contributed by atoms with Crippen LogP contribution in [0.15, 0.2) is 48.5 Å². The van der Waals surface area contributed by atoms with Gasteiger partial charge in [-0.2, -0.15) is 0 Å². The lowest BCUT2D eigenvalue weighted by molar-refractivity contribution is 0.102. The number of carbonyl (C=O) groups is 1. The van der Waals surface area contributed by atoms with Crippen LogP contribution >= 0.6 is 12.4 Å². The van der Waals surface area contributed by atoms with Crippen LogP contribution < -0.4 is 11.1 Å². The van der Waals surface area contributed by atoms with Crippen molar-refractivity contribution in [3.8, 4) is 5.75 Å². The smallest absolute Gasteiger partial charge is 0.255 e. The van der Waals surface area contributed by atoms with E-state index in [1.807, 2.05) is 6.07 Å². The highest BCUT2D eigenvalue weighted by atomic mass is 35.5. The van der Waals surface area contributed by atoms with Crippen molar-refractivity contribution in [1.82, 2.24) is 0 Å². The average Bonchev–Trinajstić information content (AvgIpc) is 2.41. The van der Waals surface area contributed by atoms with Crippen molar-refractivity contribution >= 4 is 24.0 Å². The minimum atomic E-state index is -0.271. The van der Waals surface area contributed by atoms with E-state index in [0.29, 0.717) is 17.8 Å². The number of nitrogens with two attached hydrogens (primary N) is 1. The first-order valence-corrected chi connectivity index (χ1v) is 5.59. The molecule has 0 aliphatic rings. The van der Waals surface area contributed by atoms with E-state index in [0.717, 1.165) is 5.56 Å². The van der Waals surface area contributed by atoms with Crippen LogP contribution in [0.4, 0.5) is 5.69 Å². The first-order valence-electron chi connectivity index (χ1n) is 5.59. The normalized spacial score (nSPS) is 9.53. The molecular weight excluding hydrogens is 264 g/mol. The fourth-order valence-electron chi connectivity index (χ4n) is 1.61. The topological polar surface area (TPSA) is 75.4 Å². The molecule has 2 aromatic carbocycles. The molecule has 0 radical (unpaired) electrons. The summed E-state index contributed by atoms with van der Waals surface area (Å²) < 4.78 is 0. The van der Waals surface area contributed by atoms with Gasteiger partial charge in [0.1, 0.15) is 5.75 Å². The van der Waals surface area contributed by atoms with E-state index >= 15 is 0 Å². The average molecular weight is 279 g/mol. The Hall–Kier alpha value is -2.04. The molecule has 5 heteroatoms.